The summed E-state index contributed by atoms with van der Waals surface area (Å²) in [6, 6.07) is 12.7. The third-order valence-electron chi connectivity index (χ3n) is 4.88. The molecule has 1 aromatic heterocycles. The van der Waals surface area contributed by atoms with Crippen molar-refractivity contribution < 1.29 is 19.0 Å². The maximum atomic E-state index is 12.9. The van der Waals surface area contributed by atoms with Crippen molar-refractivity contribution in [3.8, 4) is 23.1 Å². The van der Waals surface area contributed by atoms with Crippen LogP contribution in [0.2, 0.25) is 0 Å². The molecule has 0 aliphatic heterocycles. The Balaban J connectivity index is 2.03. The van der Waals surface area contributed by atoms with E-state index >= 15 is 0 Å². The number of nitrogens with zero attached hydrogens (tertiary/aromatic N) is 2. The maximum absolute atomic E-state index is 12.9. The number of benzene rings is 2. The van der Waals surface area contributed by atoms with Crippen molar-refractivity contribution in [2.45, 2.75) is 33.6 Å². The second-order valence-corrected chi connectivity index (χ2v) is 7.18. The number of rotatable bonds is 6. The maximum Gasteiger partial charge on any atom is 0.345 e. The fraction of sp³-hybridized carbons (Fsp3) is 0.304. The highest BCUT2D eigenvalue weighted by atomic mass is 16.5. The quantitative estimate of drug-likeness (QED) is 0.559. The van der Waals surface area contributed by atoms with E-state index in [0.717, 1.165) is 22.5 Å². The smallest absolute Gasteiger partial charge is 0.345 e. The highest BCUT2D eigenvalue weighted by molar-refractivity contribution is 5.92. The van der Waals surface area contributed by atoms with Crippen LogP contribution in [0.15, 0.2) is 42.5 Å². The summed E-state index contributed by atoms with van der Waals surface area (Å²) in [6.07, 6.45) is 0. The molecule has 0 saturated carbocycles. The lowest BCUT2D eigenvalue weighted by Gasteiger charge is -2.12. The van der Waals surface area contributed by atoms with Crippen molar-refractivity contribution in [3.63, 3.8) is 0 Å². The highest BCUT2D eigenvalue weighted by Crippen LogP contribution is 2.28. The average molecular weight is 394 g/mol. The van der Waals surface area contributed by atoms with Crippen molar-refractivity contribution in [3.05, 3.63) is 64.8 Å². The first-order chi connectivity index (χ1) is 13.8. The fourth-order valence-electron chi connectivity index (χ4n) is 2.95. The number of esters is 1. The molecule has 0 unspecified atom stereocenters. The topological polar surface area (TPSA) is 62.6 Å². The molecule has 0 fully saturated rings. The van der Waals surface area contributed by atoms with Gasteiger partial charge in [-0.25, -0.2) is 9.48 Å². The van der Waals surface area contributed by atoms with E-state index < -0.39 is 5.97 Å². The number of carbonyl (C=O) groups excluding carboxylic acids is 1. The number of hydrogen-bond acceptors (Lipinski definition) is 5. The molecule has 0 saturated heterocycles. The predicted molar refractivity (Wildman–Crippen MR) is 112 cm³/mol. The molecule has 3 rings (SSSR count). The van der Waals surface area contributed by atoms with Crippen LogP contribution in [-0.2, 0) is 0 Å². The van der Waals surface area contributed by atoms with Gasteiger partial charge in [0, 0.05) is 12.1 Å². The van der Waals surface area contributed by atoms with Gasteiger partial charge in [-0.2, -0.15) is 5.10 Å². The molecule has 0 N–H and O–H groups in total. The lowest BCUT2D eigenvalue weighted by atomic mass is 10.1. The fourth-order valence-corrected chi connectivity index (χ4v) is 2.95. The minimum absolute atomic E-state index is 0.190. The number of ether oxygens (including phenoxy) is 3. The zero-order valence-electron chi connectivity index (χ0n) is 17.6. The molecule has 29 heavy (non-hydrogen) atoms. The van der Waals surface area contributed by atoms with Gasteiger partial charge >= 0.3 is 5.97 Å². The minimum Gasteiger partial charge on any atom is -0.497 e. The van der Waals surface area contributed by atoms with Crippen LogP contribution in [0.3, 0.4) is 0 Å². The summed E-state index contributed by atoms with van der Waals surface area (Å²) in [6.45, 7) is 8.17. The molecule has 0 aliphatic carbocycles. The number of methoxy groups -OCH3 is 2. The van der Waals surface area contributed by atoms with E-state index in [0.29, 0.717) is 22.9 Å². The Labute approximate surface area is 171 Å². The summed E-state index contributed by atoms with van der Waals surface area (Å²) in [5.41, 5.74) is 4.27. The van der Waals surface area contributed by atoms with Gasteiger partial charge in [-0.05, 0) is 49.1 Å². The third kappa shape index (κ3) is 4.26. The average Bonchev–Trinajstić information content (AvgIpc) is 3.13. The van der Waals surface area contributed by atoms with E-state index in [1.807, 2.05) is 52.0 Å². The molecule has 3 aromatic rings. The highest BCUT2D eigenvalue weighted by Gasteiger charge is 2.20. The molecule has 0 atom stereocenters. The summed E-state index contributed by atoms with van der Waals surface area (Å²) < 4.78 is 17.9. The molecular weight excluding hydrogens is 368 g/mol. The number of carbonyl (C=O) groups is 1. The van der Waals surface area contributed by atoms with Gasteiger partial charge in [-0.15, -0.1) is 0 Å². The van der Waals surface area contributed by atoms with Gasteiger partial charge in [0.05, 0.1) is 31.2 Å². The number of hydrogen-bond donors (Lipinski definition) is 0. The second kappa shape index (κ2) is 8.39. The monoisotopic (exact) mass is 394 g/mol. The van der Waals surface area contributed by atoms with Crippen molar-refractivity contribution in [2.75, 3.05) is 14.2 Å². The van der Waals surface area contributed by atoms with Gasteiger partial charge in [0.15, 0.2) is 0 Å². The van der Waals surface area contributed by atoms with Crippen LogP contribution in [0, 0.1) is 13.8 Å². The second-order valence-electron chi connectivity index (χ2n) is 7.18. The zero-order chi connectivity index (χ0) is 21.1. The van der Waals surface area contributed by atoms with Crippen molar-refractivity contribution in [1.82, 2.24) is 9.78 Å². The normalized spacial score (nSPS) is 10.9. The largest absolute Gasteiger partial charge is 0.497 e. The van der Waals surface area contributed by atoms with Crippen LogP contribution in [0.1, 0.15) is 46.9 Å². The molecule has 2 aromatic carbocycles. The first kappa shape index (κ1) is 20.5. The van der Waals surface area contributed by atoms with Gasteiger partial charge in [0.25, 0.3) is 0 Å². The SMILES string of the molecule is COc1cc(OC)cc(C(=O)Oc2cc(C(C)C)nn2-c2cccc(C)c2C)c1. The standard InChI is InChI=1S/C23H26N2O4/c1-14(2)20-13-22(25(24-20)21-9-7-8-15(3)16(21)4)29-23(26)17-10-18(27-5)12-19(11-17)28-6/h7-14H,1-6H3. The number of aromatic nitrogens is 2. The Hall–Kier alpha value is -3.28. The summed E-state index contributed by atoms with van der Waals surface area (Å²) >= 11 is 0. The molecule has 0 spiro atoms. The van der Waals surface area contributed by atoms with E-state index in [2.05, 4.69) is 5.10 Å². The molecule has 0 bridgehead atoms. The molecule has 0 radical (unpaired) electrons. The summed E-state index contributed by atoms with van der Waals surface area (Å²) in [4.78, 5) is 12.9. The summed E-state index contributed by atoms with van der Waals surface area (Å²) in [7, 11) is 3.07. The molecule has 6 heteroatoms. The molecule has 0 aliphatic rings. The summed E-state index contributed by atoms with van der Waals surface area (Å²) in [5.74, 6) is 1.08. The van der Waals surface area contributed by atoms with Crippen LogP contribution in [0.4, 0.5) is 0 Å². The van der Waals surface area contributed by atoms with Crippen molar-refractivity contribution >= 4 is 5.97 Å². The number of aryl methyl sites for hydroxylation is 1. The zero-order valence-corrected chi connectivity index (χ0v) is 17.6. The van der Waals surface area contributed by atoms with Gasteiger partial charge in [-0.3, -0.25) is 0 Å². The minimum atomic E-state index is -0.510. The Bertz CT molecular complexity index is 1020. The Morgan fingerprint density at radius 2 is 1.66 bits per heavy atom. The van der Waals surface area contributed by atoms with E-state index in [9.17, 15) is 4.79 Å². The van der Waals surface area contributed by atoms with Crippen molar-refractivity contribution in [1.29, 1.82) is 0 Å². The van der Waals surface area contributed by atoms with Gasteiger partial charge in [-0.1, -0.05) is 26.0 Å². The molecular formula is C23H26N2O4. The van der Waals surface area contributed by atoms with Gasteiger partial charge < -0.3 is 14.2 Å². The lowest BCUT2D eigenvalue weighted by molar-refractivity contribution is 0.0722. The van der Waals surface area contributed by atoms with Crippen LogP contribution < -0.4 is 14.2 Å². The Kier molecular flexibility index (Phi) is 5.92. The molecule has 6 nitrogen and oxygen atoms in total. The first-order valence-corrected chi connectivity index (χ1v) is 9.45. The first-order valence-electron chi connectivity index (χ1n) is 9.45. The Morgan fingerprint density at radius 3 is 2.24 bits per heavy atom. The van der Waals surface area contributed by atoms with E-state index in [1.54, 1.807) is 22.9 Å². The Morgan fingerprint density at radius 1 is 1.00 bits per heavy atom. The lowest BCUT2D eigenvalue weighted by Crippen LogP contribution is -2.13. The molecule has 1 heterocycles. The van der Waals surface area contributed by atoms with Crippen LogP contribution in [0.25, 0.3) is 5.69 Å². The molecule has 0 amide bonds. The van der Waals surface area contributed by atoms with Crippen LogP contribution in [0.5, 0.6) is 17.4 Å². The van der Waals surface area contributed by atoms with E-state index in [-0.39, 0.29) is 5.92 Å². The van der Waals surface area contributed by atoms with Crippen LogP contribution >= 0.6 is 0 Å². The van der Waals surface area contributed by atoms with Gasteiger partial charge in [0.1, 0.15) is 11.5 Å². The van der Waals surface area contributed by atoms with Crippen molar-refractivity contribution in [2.24, 2.45) is 0 Å². The third-order valence-corrected chi connectivity index (χ3v) is 4.88. The van der Waals surface area contributed by atoms with E-state index in [4.69, 9.17) is 14.2 Å². The van der Waals surface area contributed by atoms with Crippen LogP contribution in [-0.4, -0.2) is 30.0 Å². The molecule has 152 valence electrons. The van der Waals surface area contributed by atoms with E-state index in [1.165, 1.54) is 14.2 Å². The predicted octanol–water partition coefficient (Wildman–Crippen LogP) is 4.85. The summed E-state index contributed by atoms with van der Waals surface area (Å²) in [5, 5.41) is 4.69. The van der Waals surface area contributed by atoms with Gasteiger partial charge in [0.2, 0.25) is 5.88 Å².